The van der Waals surface area contributed by atoms with E-state index >= 15 is 0 Å². The molecular weight excluding hydrogens is 214 g/mol. The van der Waals surface area contributed by atoms with Gasteiger partial charge in [-0.25, -0.2) is 4.79 Å². The molecule has 0 amide bonds. The van der Waals surface area contributed by atoms with Gasteiger partial charge in [-0.15, -0.1) is 0 Å². The number of esters is 1. The minimum absolute atomic E-state index is 0.115. The van der Waals surface area contributed by atoms with Crippen molar-refractivity contribution in [1.29, 1.82) is 0 Å². The quantitative estimate of drug-likeness (QED) is 0.555. The van der Waals surface area contributed by atoms with Crippen LogP contribution in [0, 0.1) is 17.3 Å². The standard InChI is InChI=1S/C14H21NO2/c1-6-17-13(16)12-11(15-12)10-9(7-8(2)3)14(10,4)5/h7,9-11H,6H2,1-5H3/t9-,10+,11?/m1/s1. The number of carbonyl (C=O) groups excluding carboxylic acids is 1. The van der Waals surface area contributed by atoms with Gasteiger partial charge >= 0.3 is 5.97 Å². The largest absolute Gasteiger partial charge is 0.461 e. The molecule has 3 heteroatoms. The predicted octanol–water partition coefficient (Wildman–Crippen LogP) is 2.61. The van der Waals surface area contributed by atoms with E-state index in [1.54, 1.807) is 0 Å². The third-order valence-corrected chi connectivity index (χ3v) is 3.82. The number of hydrogen-bond acceptors (Lipinski definition) is 3. The van der Waals surface area contributed by atoms with Gasteiger partial charge in [0.2, 0.25) is 0 Å². The first-order valence-corrected chi connectivity index (χ1v) is 6.29. The van der Waals surface area contributed by atoms with E-state index in [1.807, 2.05) is 6.92 Å². The molecule has 1 heterocycles. The van der Waals surface area contributed by atoms with Crippen LogP contribution in [0.5, 0.6) is 0 Å². The summed E-state index contributed by atoms with van der Waals surface area (Å²) in [5.41, 5.74) is 2.25. The highest BCUT2D eigenvalue weighted by atomic mass is 16.5. The molecule has 0 spiro atoms. The Morgan fingerprint density at radius 1 is 1.47 bits per heavy atom. The molecule has 0 N–H and O–H groups in total. The van der Waals surface area contributed by atoms with Crippen molar-refractivity contribution in [2.75, 3.05) is 6.61 Å². The number of rotatable bonds is 4. The molecule has 0 saturated heterocycles. The van der Waals surface area contributed by atoms with E-state index in [9.17, 15) is 4.79 Å². The van der Waals surface area contributed by atoms with E-state index in [0.29, 0.717) is 24.2 Å². The van der Waals surface area contributed by atoms with Gasteiger partial charge in [0.1, 0.15) is 11.8 Å². The molecule has 0 aromatic rings. The summed E-state index contributed by atoms with van der Waals surface area (Å²) in [5.74, 6) is 0.807. The van der Waals surface area contributed by atoms with Gasteiger partial charge in [0.25, 0.3) is 0 Å². The van der Waals surface area contributed by atoms with Crippen molar-refractivity contribution in [1.82, 2.24) is 0 Å². The molecule has 17 heavy (non-hydrogen) atoms. The molecule has 1 unspecified atom stereocenters. The molecule has 0 aromatic heterocycles. The number of allylic oxidation sites excluding steroid dienone is 2. The fourth-order valence-electron chi connectivity index (χ4n) is 2.74. The average Bonchev–Trinajstić information content (AvgIpc) is 3.04. The average molecular weight is 235 g/mol. The number of ether oxygens (including phenoxy) is 1. The molecule has 2 aliphatic rings. The summed E-state index contributed by atoms with van der Waals surface area (Å²) in [6.45, 7) is 11.0. The SMILES string of the molecule is CCOC(=O)C1=NC1[C@@H]1[C@@H](C=C(C)C)C1(C)C. The molecule has 0 bridgehead atoms. The van der Waals surface area contributed by atoms with Crippen molar-refractivity contribution in [2.45, 2.75) is 40.7 Å². The van der Waals surface area contributed by atoms with Crippen LogP contribution in [0.4, 0.5) is 0 Å². The molecular formula is C14H21NO2. The maximum Gasteiger partial charge on any atom is 0.354 e. The molecule has 94 valence electrons. The van der Waals surface area contributed by atoms with Crippen molar-refractivity contribution in [3.8, 4) is 0 Å². The summed E-state index contributed by atoms with van der Waals surface area (Å²) < 4.78 is 4.97. The highest BCUT2D eigenvalue weighted by Crippen LogP contribution is 2.63. The summed E-state index contributed by atoms with van der Waals surface area (Å²) in [6, 6.07) is 0.115. The minimum atomic E-state index is -0.226. The first kappa shape index (κ1) is 12.3. The number of nitrogens with zero attached hydrogens (tertiary/aromatic N) is 1. The first-order valence-electron chi connectivity index (χ1n) is 6.29. The molecule has 0 radical (unpaired) electrons. The topological polar surface area (TPSA) is 38.7 Å². The molecule has 0 aromatic carbocycles. The van der Waals surface area contributed by atoms with Crippen LogP contribution in [0.3, 0.4) is 0 Å². The molecule has 1 saturated carbocycles. The van der Waals surface area contributed by atoms with Crippen LogP contribution in [-0.4, -0.2) is 24.3 Å². The molecule has 1 aliphatic carbocycles. The van der Waals surface area contributed by atoms with Crippen LogP contribution in [-0.2, 0) is 9.53 Å². The number of carbonyl (C=O) groups is 1. The van der Waals surface area contributed by atoms with Crippen molar-refractivity contribution in [3.05, 3.63) is 11.6 Å². The zero-order valence-electron chi connectivity index (χ0n) is 11.3. The Hall–Kier alpha value is -1.12. The highest BCUT2D eigenvalue weighted by molar-refractivity contribution is 6.44. The van der Waals surface area contributed by atoms with Gasteiger partial charge in [0, 0.05) is 0 Å². The Kier molecular flexibility index (Phi) is 2.88. The van der Waals surface area contributed by atoms with Crippen LogP contribution in [0.15, 0.2) is 16.6 Å². The molecule has 2 rings (SSSR count). The number of hydrogen-bond donors (Lipinski definition) is 0. The normalized spacial score (nSPS) is 32.5. The third kappa shape index (κ3) is 2.15. The van der Waals surface area contributed by atoms with Crippen LogP contribution in [0.2, 0.25) is 0 Å². The maximum absolute atomic E-state index is 11.5. The predicted molar refractivity (Wildman–Crippen MR) is 68.0 cm³/mol. The Morgan fingerprint density at radius 3 is 2.65 bits per heavy atom. The summed E-state index contributed by atoms with van der Waals surface area (Å²) >= 11 is 0. The fraction of sp³-hybridized carbons (Fsp3) is 0.714. The van der Waals surface area contributed by atoms with Gasteiger partial charge in [0.05, 0.1) is 6.61 Å². The lowest BCUT2D eigenvalue weighted by molar-refractivity contribution is -0.134. The second kappa shape index (κ2) is 3.97. The fourth-order valence-corrected chi connectivity index (χ4v) is 2.74. The summed E-state index contributed by atoms with van der Waals surface area (Å²) in [6.07, 6.45) is 2.31. The Morgan fingerprint density at radius 2 is 2.12 bits per heavy atom. The Balaban J connectivity index is 1.96. The maximum atomic E-state index is 11.5. The minimum Gasteiger partial charge on any atom is -0.461 e. The summed E-state index contributed by atoms with van der Waals surface area (Å²) in [7, 11) is 0. The molecule has 3 atom stereocenters. The lowest BCUT2D eigenvalue weighted by atomic mass is 10.1. The zero-order valence-corrected chi connectivity index (χ0v) is 11.3. The van der Waals surface area contributed by atoms with E-state index < -0.39 is 0 Å². The summed E-state index contributed by atoms with van der Waals surface area (Å²) in [4.78, 5) is 15.8. The molecule has 3 nitrogen and oxygen atoms in total. The van der Waals surface area contributed by atoms with Gasteiger partial charge in [-0.1, -0.05) is 25.5 Å². The van der Waals surface area contributed by atoms with E-state index in [0.717, 1.165) is 0 Å². The highest BCUT2D eigenvalue weighted by Gasteiger charge is 2.64. The smallest absolute Gasteiger partial charge is 0.354 e. The Bertz CT molecular complexity index is 402. The van der Waals surface area contributed by atoms with Crippen LogP contribution in [0.1, 0.15) is 34.6 Å². The van der Waals surface area contributed by atoms with Gasteiger partial charge in [0.15, 0.2) is 0 Å². The van der Waals surface area contributed by atoms with Gasteiger partial charge < -0.3 is 4.74 Å². The number of aliphatic imine (C=N–C) groups is 1. The first-order chi connectivity index (χ1) is 7.89. The zero-order chi connectivity index (χ0) is 12.8. The lowest BCUT2D eigenvalue weighted by Crippen LogP contribution is -2.17. The van der Waals surface area contributed by atoms with Gasteiger partial charge in [-0.2, -0.15) is 0 Å². The lowest BCUT2D eigenvalue weighted by Gasteiger charge is -2.00. The van der Waals surface area contributed by atoms with Crippen LogP contribution >= 0.6 is 0 Å². The van der Waals surface area contributed by atoms with E-state index in [2.05, 4.69) is 38.8 Å². The van der Waals surface area contributed by atoms with Gasteiger partial charge in [-0.05, 0) is 38.0 Å². The van der Waals surface area contributed by atoms with Crippen molar-refractivity contribution >= 4 is 11.7 Å². The second-order valence-corrected chi connectivity index (χ2v) is 5.80. The van der Waals surface area contributed by atoms with Crippen LogP contribution in [0.25, 0.3) is 0 Å². The van der Waals surface area contributed by atoms with E-state index in [1.165, 1.54) is 5.57 Å². The van der Waals surface area contributed by atoms with Gasteiger partial charge in [-0.3, -0.25) is 4.99 Å². The Labute approximate surface area is 103 Å². The summed E-state index contributed by atoms with van der Waals surface area (Å²) in [5, 5.41) is 0. The molecule has 1 aliphatic heterocycles. The van der Waals surface area contributed by atoms with Crippen LogP contribution < -0.4 is 0 Å². The van der Waals surface area contributed by atoms with Crippen molar-refractivity contribution in [3.63, 3.8) is 0 Å². The second-order valence-electron chi connectivity index (χ2n) is 5.80. The van der Waals surface area contributed by atoms with Crippen molar-refractivity contribution < 1.29 is 9.53 Å². The van der Waals surface area contributed by atoms with E-state index in [4.69, 9.17) is 4.74 Å². The van der Waals surface area contributed by atoms with Crippen molar-refractivity contribution in [2.24, 2.45) is 22.2 Å². The monoisotopic (exact) mass is 235 g/mol. The molecule has 1 fully saturated rings. The third-order valence-electron chi connectivity index (χ3n) is 3.82. The van der Waals surface area contributed by atoms with E-state index in [-0.39, 0.29) is 17.4 Å².